The molecule has 0 atom stereocenters. The van der Waals surface area contributed by atoms with Gasteiger partial charge < -0.3 is 4.98 Å². The summed E-state index contributed by atoms with van der Waals surface area (Å²) < 4.78 is 0. The van der Waals surface area contributed by atoms with Crippen molar-refractivity contribution in [3.05, 3.63) is 51.8 Å². The van der Waals surface area contributed by atoms with E-state index < -0.39 is 0 Å². The Morgan fingerprint density at radius 1 is 1.10 bits per heavy atom. The highest BCUT2D eigenvalue weighted by molar-refractivity contribution is 5.81. The van der Waals surface area contributed by atoms with E-state index in [-0.39, 0.29) is 5.43 Å². The fourth-order valence-corrected chi connectivity index (χ4v) is 2.64. The normalized spacial score (nSPS) is 11.5. The van der Waals surface area contributed by atoms with Crippen LogP contribution in [0.2, 0.25) is 0 Å². The monoisotopic (exact) mass is 283 g/mol. The van der Waals surface area contributed by atoms with Gasteiger partial charge in [0.25, 0.3) is 0 Å². The van der Waals surface area contributed by atoms with Gasteiger partial charge in [-0.15, -0.1) is 0 Å². The van der Waals surface area contributed by atoms with Crippen LogP contribution in [-0.4, -0.2) is 4.98 Å². The third kappa shape index (κ3) is 4.07. The molecule has 112 valence electrons. The molecule has 0 fully saturated rings. The molecule has 2 rings (SSSR count). The molecule has 0 saturated heterocycles. The summed E-state index contributed by atoms with van der Waals surface area (Å²) in [6, 6.07) is 7.69. The molecule has 2 aromatic rings. The Bertz CT molecular complexity index is 667. The van der Waals surface area contributed by atoms with Crippen LogP contribution in [0.1, 0.15) is 56.7 Å². The lowest BCUT2D eigenvalue weighted by Gasteiger charge is -2.04. The molecule has 1 aromatic carbocycles. The largest absolute Gasteiger partial charge is 0.358 e. The van der Waals surface area contributed by atoms with E-state index >= 15 is 0 Å². The summed E-state index contributed by atoms with van der Waals surface area (Å²) >= 11 is 0. The van der Waals surface area contributed by atoms with E-state index in [2.05, 4.69) is 18.0 Å². The number of fused-ring (bicyclic) bond motifs is 1. The Morgan fingerprint density at radius 2 is 1.86 bits per heavy atom. The number of aryl methyl sites for hydroxylation is 1. The van der Waals surface area contributed by atoms with E-state index in [4.69, 9.17) is 0 Å². The van der Waals surface area contributed by atoms with Gasteiger partial charge in [0.05, 0.1) is 0 Å². The van der Waals surface area contributed by atoms with Crippen LogP contribution in [0.4, 0.5) is 0 Å². The minimum Gasteiger partial charge on any atom is -0.358 e. The van der Waals surface area contributed by atoms with Crippen LogP contribution >= 0.6 is 0 Å². The summed E-state index contributed by atoms with van der Waals surface area (Å²) in [5.41, 5.74) is 2.78. The molecule has 0 radical (unpaired) electrons. The molecule has 0 saturated carbocycles. The third-order valence-electron chi connectivity index (χ3n) is 3.90. The molecule has 0 bridgehead atoms. The highest BCUT2D eigenvalue weighted by Gasteiger charge is 2.05. The lowest BCUT2D eigenvalue weighted by molar-refractivity contribution is 0.638. The number of nitrogens with one attached hydrogen (secondary N) is 1. The van der Waals surface area contributed by atoms with E-state index in [9.17, 15) is 4.79 Å². The average Bonchev–Trinajstić information content (AvgIpc) is 2.49. The number of unbranched alkanes of at least 4 members (excludes halogenated alkanes) is 5. The lowest BCUT2D eigenvalue weighted by atomic mass is 10.1. The number of aromatic amines is 1. The first kappa shape index (κ1) is 15.6. The maximum absolute atomic E-state index is 12.5. The molecule has 2 nitrogen and oxygen atoms in total. The number of H-pyrrole nitrogens is 1. The van der Waals surface area contributed by atoms with Crippen molar-refractivity contribution in [1.29, 1.82) is 0 Å². The number of hydrogen-bond acceptors (Lipinski definition) is 1. The summed E-state index contributed by atoms with van der Waals surface area (Å²) in [6.07, 6.45) is 11.6. The van der Waals surface area contributed by atoms with Crippen LogP contribution in [0.25, 0.3) is 17.0 Å². The molecule has 0 spiro atoms. The Hall–Kier alpha value is -1.83. The molecule has 2 heteroatoms. The van der Waals surface area contributed by atoms with Crippen LogP contribution in [-0.2, 0) is 0 Å². The van der Waals surface area contributed by atoms with Gasteiger partial charge >= 0.3 is 0 Å². The van der Waals surface area contributed by atoms with Gasteiger partial charge in [-0.25, -0.2) is 0 Å². The second-order valence-electron chi connectivity index (χ2n) is 5.64. The number of aromatic nitrogens is 1. The zero-order chi connectivity index (χ0) is 15.1. The quantitative estimate of drug-likeness (QED) is 0.695. The zero-order valence-electron chi connectivity index (χ0n) is 13.1. The highest BCUT2D eigenvalue weighted by atomic mass is 16.1. The summed E-state index contributed by atoms with van der Waals surface area (Å²) in [4.78, 5) is 15.8. The molecule has 21 heavy (non-hydrogen) atoms. The van der Waals surface area contributed by atoms with Crippen molar-refractivity contribution in [3.63, 3.8) is 0 Å². The molecule has 1 heterocycles. The van der Waals surface area contributed by atoms with Gasteiger partial charge in [-0.1, -0.05) is 56.9 Å². The highest BCUT2D eigenvalue weighted by Crippen LogP contribution is 2.13. The number of benzene rings is 1. The van der Waals surface area contributed by atoms with Crippen LogP contribution in [0.5, 0.6) is 0 Å². The van der Waals surface area contributed by atoms with Gasteiger partial charge in [0.2, 0.25) is 0 Å². The molecule has 0 aliphatic carbocycles. The van der Waals surface area contributed by atoms with Crippen molar-refractivity contribution in [3.8, 4) is 0 Å². The van der Waals surface area contributed by atoms with E-state index in [1.165, 1.54) is 32.1 Å². The molecule has 0 unspecified atom stereocenters. The molecular weight excluding hydrogens is 258 g/mol. The predicted octanol–water partition coefficient (Wildman–Crippen LogP) is 5.21. The number of allylic oxidation sites excluding steroid dienone is 1. The Labute approximate surface area is 126 Å². The molecule has 0 aliphatic rings. The first-order valence-corrected chi connectivity index (χ1v) is 8.02. The summed E-state index contributed by atoms with van der Waals surface area (Å²) in [5.74, 6) is 0. The van der Waals surface area contributed by atoms with Crippen molar-refractivity contribution in [2.75, 3.05) is 0 Å². The van der Waals surface area contributed by atoms with Crippen molar-refractivity contribution in [1.82, 2.24) is 4.98 Å². The van der Waals surface area contributed by atoms with Gasteiger partial charge in [-0.05, 0) is 31.9 Å². The Kier molecular flexibility index (Phi) is 5.79. The van der Waals surface area contributed by atoms with Gasteiger partial charge in [0.15, 0.2) is 5.43 Å². The fraction of sp³-hybridized carbons (Fsp3) is 0.421. The van der Waals surface area contributed by atoms with Crippen LogP contribution < -0.4 is 5.43 Å². The standard InChI is InChI=1S/C19H25NO/c1-3-4-5-6-7-8-9-12-16-15(2)20-18-14-11-10-13-17(18)19(16)21/h9-14H,3-8H2,1-2H3,(H,20,21). The van der Waals surface area contributed by atoms with E-state index in [0.29, 0.717) is 0 Å². The molecule has 1 aromatic heterocycles. The number of hydrogen-bond donors (Lipinski definition) is 1. The zero-order valence-corrected chi connectivity index (χ0v) is 13.1. The maximum atomic E-state index is 12.5. The van der Waals surface area contributed by atoms with Crippen LogP contribution in [0.3, 0.4) is 0 Å². The summed E-state index contributed by atoms with van der Waals surface area (Å²) in [6.45, 7) is 4.20. The van der Waals surface area contributed by atoms with Gasteiger partial charge in [0, 0.05) is 22.2 Å². The van der Waals surface area contributed by atoms with E-state index in [1.807, 2.05) is 37.3 Å². The second-order valence-corrected chi connectivity index (χ2v) is 5.64. The minimum absolute atomic E-state index is 0.129. The second kappa shape index (κ2) is 7.82. The SMILES string of the molecule is CCCCCCCC=Cc1c(C)[nH]c2ccccc2c1=O. The van der Waals surface area contributed by atoms with E-state index in [0.717, 1.165) is 28.6 Å². The lowest BCUT2D eigenvalue weighted by Crippen LogP contribution is -2.09. The van der Waals surface area contributed by atoms with Crippen molar-refractivity contribution in [2.45, 2.75) is 52.4 Å². The molecular formula is C19H25NO. The van der Waals surface area contributed by atoms with Gasteiger partial charge in [-0.2, -0.15) is 0 Å². The number of para-hydroxylation sites is 1. The first-order chi connectivity index (χ1) is 10.2. The first-order valence-electron chi connectivity index (χ1n) is 8.02. The smallest absolute Gasteiger partial charge is 0.196 e. The van der Waals surface area contributed by atoms with Crippen molar-refractivity contribution >= 4 is 17.0 Å². The van der Waals surface area contributed by atoms with Crippen LogP contribution in [0.15, 0.2) is 35.1 Å². The third-order valence-corrected chi connectivity index (χ3v) is 3.90. The number of rotatable bonds is 7. The van der Waals surface area contributed by atoms with Crippen LogP contribution in [0, 0.1) is 6.92 Å². The molecule has 0 amide bonds. The van der Waals surface area contributed by atoms with E-state index in [1.54, 1.807) is 0 Å². The van der Waals surface area contributed by atoms with Gasteiger partial charge in [0.1, 0.15) is 0 Å². The number of pyridine rings is 1. The Balaban J connectivity index is 2.06. The Morgan fingerprint density at radius 3 is 2.67 bits per heavy atom. The molecule has 1 N–H and O–H groups in total. The van der Waals surface area contributed by atoms with Crippen molar-refractivity contribution < 1.29 is 0 Å². The predicted molar refractivity (Wildman–Crippen MR) is 91.7 cm³/mol. The fourth-order valence-electron chi connectivity index (χ4n) is 2.64. The topological polar surface area (TPSA) is 32.9 Å². The summed E-state index contributed by atoms with van der Waals surface area (Å²) in [7, 11) is 0. The molecule has 0 aliphatic heterocycles. The maximum Gasteiger partial charge on any atom is 0.196 e. The average molecular weight is 283 g/mol. The summed E-state index contributed by atoms with van der Waals surface area (Å²) in [5, 5.41) is 0.769. The van der Waals surface area contributed by atoms with Crippen molar-refractivity contribution in [2.24, 2.45) is 0 Å². The van der Waals surface area contributed by atoms with Gasteiger partial charge in [-0.3, -0.25) is 4.79 Å². The minimum atomic E-state index is 0.129.